The van der Waals surface area contributed by atoms with Gasteiger partial charge in [-0.1, -0.05) is 24.8 Å². The van der Waals surface area contributed by atoms with Crippen LogP contribution in [0.1, 0.15) is 31.3 Å². The lowest BCUT2D eigenvalue weighted by atomic mass is 9.80. The summed E-state index contributed by atoms with van der Waals surface area (Å²) in [6.07, 6.45) is 7.43. The highest BCUT2D eigenvalue weighted by molar-refractivity contribution is 7.99. The van der Waals surface area contributed by atoms with Gasteiger partial charge < -0.3 is 15.0 Å². The van der Waals surface area contributed by atoms with Gasteiger partial charge in [0.15, 0.2) is 17.4 Å². The molecule has 8 nitrogen and oxygen atoms in total. The largest absolute Gasteiger partial charge is 0.452 e. The highest BCUT2D eigenvalue weighted by Crippen LogP contribution is 2.38. The SMILES string of the molecule is Cc1ncccc1Oc1cc(Sc2ccccn2)cnc1Nc1nc(C2(C)CCN(C)CC2)ns1. The van der Waals surface area contributed by atoms with Crippen LogP contribution in [0.15, 0.2) is 64.9 Å². The molecule has 4 aromatic rings. The van der Waals surface area contributed by atoms with E-state index in [0.29, 0.717) is 22.4 Å². The minimum atomic E-state index is -0.00823. The number of aryl methyl sites for hydroxylation is 1. The summed E-state index contributed by atoms with van der Waals surface area (Å²) in [6.45, 7) is 6.28. The Balaban J connectivity index is 1.41. The summed E-state index contributed by atoms with van der Waals surface area (Å²) in [5.74, 6) is 2.74. The third kappa shape index (κ3) is 5.61. The highest BCUT2D eigenvalue weighted by Gasteiger charge is 2.34. The molecule has 5 rings (SSSR count). The van der Waals surface area contributed by atoms with E-state index in [0.717, 1.165) is 47.4 Å². The first-order chi connectivity index (χ1) is 17.0. The van der Waals surface area contributed by atoms with Gasteiger partial charge in [-0.2, -0.15) is 4.37 Å². The number of hydrogen-bond donors (Lipinski definition) is 1. The summed E-state index contributed by atoms with van der Waals surface area (Å²) < 4.78 is 11.0. The predicted molar refractivity (Wildman–Crippen MR) is 139 cm³/mol. The van der Waals surface area contributed by atoms with Crippen LogP contribution in [0.25, 0.3) is 0 Å². The topological polar surface area (TPSA) is 89.0 Å². The molecule has 1 saturated heterocycles. The first kappa shape index (κ1) is 23.7. The molecule has 0 saturated carbocycles. The van der Waals surface area contributed by atoms with Gasteiger partial charge in [-0.25, -0.2) is 15.0 Å². The monoisotopic (exact) mass is 505 g/mol. The summed E-state index contributed by atoms with van der Waals surface area (Å²) in [5.41, 5.74) is 0.792. The van der Waals surface area contributed by atoms with E-state index in [-0.39, 0.29) is 5.41 Å². The molecule has 0 bridgehead atoms. The Bertz CT molecular complexity index is 1290. The number of pyridine rings is 3. The third-order valence-electron chi connectivity index (χ3n) is 6.15. The van der Waals surface area contributed by atoms with E-state index in [1.165, 1.54) is 23.3 Å². The molecule has 1 N–H and O–H groups in total. The Labute approximate surface area is 213 Å². The Morgan fingerprint density at radius 3 is 2.66 bits per heavy atom. The molecule has 1 aliphatic heterocycles. The van der Waals surface area contributed by atoms with Gasteiger partial charge in [-0.05, 0) is 64.2 Å². The van der Waals surface area contributed by atoms with Crippen molar-refractivity contribution in [3.05, 3.63) is 66.5 Å². The molecule has 1 aliphatic rings. The molecule has 180 valence electrons. The van der Waals surface area contributed by atoms with Gasteiger partial charge in [0.05, 0.1) is 5.69 Å². The van der Waals surface area contributed by atoms with Crippen LogP contribution in [0, 0.1) is 6.92 Å². The fourth-order valence-electron chi connectivity index (χ4n) is 3.83. The van der Waals surface area contributed by atoms with Crippen molar-refractivity contribution in [3.63, 3.8) is 0 Å². The van der Waals surface area contributed by atoms with Crippen molar-refractivity contribution in [2.75, 3.05) is 25.5 Å². The zero-order valence-corrected chi connectivity index (χ0v) is 21.6. The van der Waals surface area contributed by atoms with Crippen molar-refractivity contribution in [3.8, 4) is 11.5 Å². The number of nitrogens with zero attached hydrogens (tertiary/aromatic N) is 6. The number of anilines is 2. The average Bonchev–Trinajstić information content (AvgIpc) is 3.34. The predicted octanol–water partition coefficient (Wildman–Crippen LogP) is 5.70. The molecule has 0 aromatic carbocycles. The van der Waals surface area contributed by atoms with Crippen molar-refractivity contribution in [2.24, 2.45) is 0 Å². The van der Waals surface area contributed by atoms with Crippen LogP contribution in [0.3, 0.4) is 0 Å². The zero-order chi connectivity index (χ0) is 24.3. The smallest absolute Gasteiger partial charge is 0.208 e. The number of likely N-dealkylation sites (tertiary alicyclic amines) is 1. The molecule has 4 aromatic heterocycles. The molecule has 0 spiro atoms. The van der Waals surface area contributed by atoms with E-state index in [1.807, 2.05) is 49.5 Å². The second-order valence-electron chi connectivity index (χ2n) is 8.89. The van der Waals surface area contributed by atoms with Crippen LogP contribution >= 0.6 is 23.3 Å². The van der Waals surface area contributed by atoms with E-state index in [9.17, 15) is 0 Å². The lowest BCUT2D eigenvalue weighted by Gasteiger charge is -2.35. The molecule has 0 radical (unpaired) electrons. The van der Waals surface area contributed by atoms with Crippen molar-refractivity contribution >= 4 is 34.2 Å². The summed E-state index contributed by atoms with van der Waals surface area (Å²) >= 11 is 2.88. The van der Waals surface area contributed by atoms with E-state index in [2.05, 4.69) is 39.1 Å². The van der Waals surface area contributed by atoms with Crippen LogP contribution in [-0.4, -0.2) is 49.3 Å². The number of ether oxygens (including phenoxy) is 1. The van der Waals surface area contributed by atoms with Crippen molar-refractivity contribution < 1.29 is 4.74 Å². The van der Waals surface area contributed by atoms with Gasteiger partial charge >= 0.3 is 0 Å². The van der Waals surface area contributed by atoms with E-state index in [4.69, 9.17) is 14.1 Å². The molecule has 10 heteroatoms. The molecular formula is C25H27N7OS2. The van der Waals surface area contributed by atoms with E-state index < -0.39 is 0 Å². The minimum absolute atomic E-state index is 0.00823. The molecular weight excluding hydrogens is 478 g/mol. The van der Waals surface area contributed by atoms with E-state index >= 15 is 0 Å². The minimum Gasteiger partial charge on any atom is -0.452 e. The van der Waals surface area contributed by atoms with Gasteiger partial charge in [0, 0.05) is 46.5 Å². The number of hydrogen-bond acceptors (Lipinski definition) is 10. The highest BCUT2D eigenvalue weighted by atomic mass is 32.2. The fourth-order valence-corrected chi connectivity index (χ4v) is 5.31. The standard InChI is InChI=1S/C25H27N7OS2/c1-17-19(7-6-12-26-17)33-20-15-18(34-21-8-4-5-11-27-21)16-28-22(20)29-24-30-23(31-35-24)25(2)9-13-32(3)14-10-25/h4-8,11-12,15-16H,9-10,13-14H2,1-3H3,(H,28,29,30,31). The lowest BCUT2D eigenvalue weighted by Crippen LogP contribution is -2.39. The van der Waals surface area contributed by atoms with Gasteiger partial charge in [-0.15, -0.1) is 0 Å². The summed E-state index contributed by atoms with van der Waals surface area (Å²) in [6, 6.07) is 11.5. The quantitative estimate of drug-likeness (QED) is 0.340. The number of rotatable bonds is 7. The van der Waals surface area contributed by atoms with Gasteiger partial charge in [-0.3, -0.25) is 4.98 Å². The Morgan fingerprint density at radius 2 is 1.89 bits per heavy atom. The van der Waals surface area contributed by atoms with Crippen molar-refractivity contribution in [2.45, 2.75) is 42.0 Å². The molecule has 35 heavy (non-hydrogen) atoms. The normalized spacial score (nSPS) is 15.6. The Morgan fingerprint density at radius 1 is 1.06 bits per heavy atom. The van der Waals surface area contributed by atoms with Crippen molar-refractivity contribution in [1.82, 2.24) is 29.2 Å². The maximum Gasteiger partial charge on any atom is 0.208 e. The van der Waals surface area contributed by atoms with Crippen LogP contribution in [-0.2, 0) is 5.41 Å². The van der Waals surface area contributed by atoms with Crippen LogP contribution in [0.2, 0.25) is 0 Å². The lowest BCUT2D eigenvalue weighted by molar-refractivity contribution is 0.194. The van der Waals surface area contributed by atoms with Crippen LogP contribution in [0.5, 0.6) is 11.5 Å². The summed E-state index contributed by atoms with van der Waals surface area (Å²) in [4.78, 5) is 21.5. The van der Waals surface area contributed by atoms with Gasteiger partial charge in [0.2, 0.25) is 5.13 Å². The van der Waals surface area contributed by atoms with E-state index in [1.54, 1.807) is 12.4 Å². The Kier molecular flexibility index (Phi) is 6.94. The van der Waals surface area contributed by atoms with Crippen molar-refractivity contribution in [1.29, 1.82) is 0 Å². The summed E-state index contributed by atoms with van der Waals surface area (Å²) in [7, 11) is 2.16. The second kappa shape index (κ2) is 10.3. The Hall–Kier alpha value is -3.08. The molecule has 1 fully saturated rings. The molecule has 0 aliphatic carbocycles. The first-order valence-corrected chi connectivity index (χ1v) is 13.1. The summed E-state index contributed by atoms with van der Waals surface area (Å²) in [5, 5.41) is 4.93. The zero-order valence-electron chi connectivity index (χ0n) is 19.9. The first-order valence-electron chi connectivity index (χ1n) is 11.5. The number of piperidine rings is 1. The van der Waals surface area contributed by atoms with Gasteiger partial charge in [0.1, 0.15) is 10.8 Å². The van der Waals surface area contributed by atoms with Crippen LogP contribution in [0.4, 0.5) is 10.9 Å². The number of nitrogens with one attached hydrogen (secondary N) is 1. The van der Waals surface area contributed by atoms with Gasteiger partial charge in [0.25, 0.3) is 0 Å². The second-order valence-corrected chi connectivity index (χ2v) is 10.7. The van der Waals surface area contributed by atoms with Crippen LogP contribution < -0.4 is 10.1 Å². The molecule has 0 atom stereocenters. The maximum absolute atomic E-state index is 6.28. The maximum atomic E-state index is 6.28. The third-order valence-corrected chi connectivity index (χ3v) is 7.69. The molecule has 5 heterocycles. The fraction of sp³-hybridized carbons (Fsp3) is 0.320. The molecule has 0 amide bonds. The molecule has 0 unspecified atom stereocenters. The average molecular weight is 506 g/mol. The number of aromatic nitrogens is 5.